The van der Waals surface area contributed by atoms with Gasteiger partial charge in [-0.05, 0) is 160 Å². The van der Waals surface area contributed by atoms with Crippen molar-refractivity contribution in [1.82, 2.24) is 0 Å². The molecule has 5 aromatic rings. The second kappa shape index (κ2) is 33.5. The minimum Gasteiger partial charge on any atom is -0.372 e. The molecule has 0 saturated heterocycles. The highest BCUT2D eigenvalue weighted by atomic mass is 15.1. The highest BCUT2D eigenvalue weighted by Crippen LogP contribution is 2.27. The normalized spacial score (nSPS) is 11.1. The minimum absolute atomic E-state index is 0.764. The summed E-state index contributed by atoms with van der Waals surface area (Å²) >= 11 is 0. The summed E-state index contributed by atoms with van der Waals surface area (Å²) in [5.74, 6) is 56.0. The summed E-state index contributed by atoms with van der Waals surface area (Å²) in [6, 6.07) is 30.4. The molecule has 0 aromatic heterocycles. The molecule has 0 amide bonds. The summed E-state index contributed by atoms with van der Waals surface area (Å²) < 4.78 is 0. The van der Waals surface area contributed by atoms with E-state index >= 15 is 0 Å². The molecule has 0 atom stereocenters. The topological polar surface area (TPSA) is 13.0 Å². The van der Waals surface area contributed by atoms with E-state index in [4.69, 9.17) is 0 Å². The van der Waals surface area contributed by atoms with Crippen molar-refractivity contribution < 1.29 is 0 Å². The third-order valence-electron chi connectivity index (χ3n) is 15.1. The van der Waals surface area contributed by atoms with E-state index in [0.29, 0.717) is 0 Å². The molecule has 2 aliphatic rings. The smallest absolute Gasteiger partial charge is 0.0426 e. The zero-order valence-corrected chi connectivity index (χ0v) is 50.8. The van der Waals surface area contributed by atoms with Gasteiger partial charge in [0.15, 0.2) is 0 Å². The standard InChI is InChI=1S/C78H86N4/c1-9-17-49-79(50-18-10-2)75-45-41-63-29-25-26-30-64-42-46-76(80(51-19-11-3)52-20-12-4)61-73(64)39-35-69-57-67(33-37-71(63)59-75)68-34-38-72-60-77(81(53-21-13-5)54-22-14-6)47-43-65(72)31-27-28-32-66-44-48-78(62-74(66)40-36-70(69)58-68)82(55-23-15-7)56-24-16-8/h41-48,57-62H,9-24,49-56H2,1-8H3. The molecule has 7 rings (SSSR count). The number of rotatable bonds is 28. The lowest BCUT2D eigenvalue weighted by atomic mass is 9.96. The van der Waals surface area contributed by atoms with Crippen molar-refractivity contribution in [2.24, 2.45) is 0 Å². The van der Waals surface area contributed by atoms with Crippen LogP contribution in [0.3, 0.4) is 0 Å². The lowest BCUT2D eigenvalue weighted by molar-refractivity contribution is 0.678. The summed E-state index contributed by atoms with van der Waals surface area (Å²) in [5.41, 5.74) is 14.4. The molecule has 0 spiro atoms. The van der Waals surface area contributed by atoms with E-state index in [2.05, 4.69) is 255 Å². The molecule has 0 saturated carbocycles. The first kappa shape index (κ1) is 61.4. The number of unbranched alkanes of at least 4 members (excludes halogenated alkanes) is 8. The van der Waals surface area contributed by atoms with Crippen LogP contribution in [0.1, 0.15) is 225 Å². The Labute approximate surface area is 496 Å². The molecule has 4 nitrogen and oxygen atoms in total. The molecule has 0 radical (unpaired) electrons. The van der Waals surface area contributed by atoms with Crippen LogP contribution in [0.2, 0.25) is 0 Å². The Morgan fingerprint density at radius 2 is 0.378 bits per heavy atom. The number of fused-ring (bicyclic) bond motifs is 10. The summed E-state index contributed by atoms with van der Waals surface area (Å²) in [4.78, 5) is 10.0. The summed E-state index contributed by atoms with van der Waals surface area (Å²) in [6.07, 6.45) is 17.9. The highest BCUT2D eigenvalue weighted by Gasteiger charge is 2.15. The predicted molar refractivity (Wildman–Crippen MR) is 352 cm³/mol. The first-order valence-electron chi connectivity index (χ1n) is 31.2. The number of nitrogens with zero attached hydrogens (tertiary/aromatic N) is 4. The van der Waals surface area contributed by atoms with Gasteiger partial charge in [-0.2, -0.15) is 0 Å². The maximum atomic E-state index is 3.68. The number of hydrogen-bond acceptors (Lipinski definition) is 4. The zero-order chi connectivity index (χ0) is 57.7. The Balaban J connectivity index is 1.55. The Kier molecular flexibility index (Phi) is 25.1. The Morgan fingerprint density at radius 1 is 0.207 bits per heavy atom. The quantitative estimate of drug-likeness (QED) is 0.0463. The fourth-order valence-electron chi connectivity index (χ4n) is 9.98. The van der Waals surface area contributed by atoms with Crippen LogP contribution in [-0.4, -0.2) is 52.4 Å². The van der Waals surface area contributed by atoms with Crippen molar-refractivity contribution >= 4 is 22.7 Å². The van der Waals surface area contributed by atoms with Crippen LogP contribution in [-0.2, 0) is 0 Å². The molecule has 418 valence electrons. The number of hydrogen-bond donors (Lipinski definition) is 0. The molecule has 0 heterocycles. The van der Waals surface area contributed by atoms with E-state index in [1.165, 1.54) is 0 Å². The lowest BCUT2D eigenvalue weighted by Gasteiger charge is -2.25. The number of anilines is 4. The van der Waals surface area contributed by atoms with Gasteiger partial charge in [-0.1, -0.05) is 178 Å². The maximum absolute atomic E-state index is 3.68. The van der Waals surface area contributed by atoms with E-state index in [0.717, 1.165) is 245 Å². The molecule has 2 aliphatic carbocycles. The second-order valence-electron chi connectivity index (χ2n) is 21.6. The molecular formula is C78H86N4. The Morgan fingerprint density at radius 3 is 0.549 bits per heavy atom. The van der Waals surface area contributed by atoms with Crippen LogP contribution < -0.4 is 19.6 Å². The predicted octanol–water partition coefficient (Wildman–Crippen LogP) is 16.3. The van der Waals surface area contributed by atoms with Crippen molar-refractivity contribution in [3.8, 4) is 94.7 Å². The van der Waals surface area contributed by atoms with E-state index in [1.807, 2.05) is 0 Å². The van der Waals surface area contributed by atoms with Crippen LogP contribution >= 0.6 is 0 Å². The van der Waals surface area contributed by atoms with Crippen molar-refractivity contribution in [3.05, 3.63) is 152 Å². The first-order chi connectivity index (χ1) is 40.3. The minimum atomic E-state index is 0.764. The van der Waals surface area contributed by atoms with Crippen LogP contribution in [0.15, 0.2) is 84.9 Å². The maximum Gasteiger partial charge on any atom is 0.0426 e. The molecule has 4 bridgehead atoms. The molecule has 0 aliphatic heterocycles. The fraction of sp³-hybridized carbons (Fsp3) is 0.410. The average Bonchev–Trinajstić information content (AvgIpc) is 3.72. The second-order valence-corrected chi connectivity index (χ2v) is 21.6. The Bertz CT molecular complexity index is 3020. The molecule has 0 N–H and O–H groups in total. The van der Waals surface area contributed by atoms with Gasteiger partial charge >= 0.3 is 0 Å². The van der Waals surface area contributed by atoms with Gasteiger partial charge in [0.25, 0.3) is 0 Å². The van der Waals surface area contributed by atoms with E-state index < -0.39 is 0 Å². The van der Waals surface area contributed by atoms with E-state index in [9.17, 15) is 0 Å². The summed E-state index contributed by atoms with van der Waals surface area (Å²) in [5, 5.41) is 0. The van der Waals surface area contributed by atoms with Gasteiger partial charge in [-0.15, -0.1) is 0 Å². The number of benzene rings is 5. The lowest BCUT2D eigenvalue weighted by Crippen LogP contribution is -2.25. The van der Waals surface area contributed by atoms with Gasteiger partial charge < -0.3 is 19.6 Å². The molecule has 0 fully saturated rings. The summed E-state index contributed by atoms with van der Waals surface area (Å²) in [6.45, 7) is 25.9. The van der Waals surface area contributed by atoms with Crippen LogP contribution in [0.25, 0.3) is 0 Å². The molecular weight excluding hydrogens is 993 g/mol. The van der Waals surface area contributed by atoms with Crippen LogP contribution in [0, 0.1) is 94.7 Å². The monoisotopic (exact) mass is 1080 g/mol. The highest BCUT2D eigenvalue weighted by molar-refractivity contribution is 5.71. The van der Waals surface area contributed by atoms with Crippen LogP contribution in [0.4, 0.5) is 22.7 Å². The van der Waals surface area contributed by atoms with E-state index in [-0.39, 0.29) is 0 Å². The van der Waals surface area contributed by atoms with Gasteiger partial charge in [0, 0.05) is 142 Å². The molecule has 5 aromatic carbocycles. The molecule has 4 heteroatoms. The average molecular weight is 1080 g/mol. The third kappa shape index (κ3) is 17.9. The fourth-order valence-corrected chi connectivity index (χ4v) is 9.98. The molecule has 0 unspecified atom stereocenters. The van der Waals surface area contributed by atoms with Crippen molar-refractivity contribution in [1.29, 1.82) is 0 Å². The van der Waals surface area contributed by atoms with Crippen molar-refractivity contribution in [2.45, 2.75) is 158 Å². The zero-order valence-electron chi connectivity index (χ0n) is 50.8. The largest absolute Gasteiger partial charge is 0.372 e. The Hall–Kier alpha value is -8.22. The SMILES string of the molecule is CCCCN(CCCC)c1ccc2c(c1)C#Cc1cc(c3cc1C#Cc1cc(N(CCCC)CCCC)ccc1C#CC#Cc1ccc(N(CCCC)CCCC)cc1C#C3)C#Cc1cc(N(CCCC)CCCC)ccc1C#CC#C2. The first-order valence-corrected chi connectivity index (χ1v) is 31.2. The van der Waals surface area contributed by atoms with Gasteiger partial charge in [0.05, 0.1) is 0 Å². The van der Waals surface area contributed by atoms with Gasteiger partial charge in [0.1, 0.15) is 0 Å². The van der Waals surface area contributed by atoms with Gasteiger partial charge in [-0.3, -0.25) is 0 Å². The van der Waals surface area contributed by atoms with Gasteiger partial charge in [0.2, 0.25) is 0 Å². The molecule has 82 heavy (non-hydrogen) atoms. The van der Waals surface area contributed by atoms with Crippen LogP contribution in [0.5, 0.6) is 0 Å². The third-order valence-corrected chi connectivity index (χ3v) is 15.1. The van der Waals surface area contributed by atoms with Gasteiger partial charge in [-0.25, -0.2) is 0 Å². The van der Waals surface area contributed by atoms with E-state index in [1.54, 1.807) is 0 Å². The van der Waals surface area contributed by atoms with Crippen molar-refractivity contribution in [2.75, 3.05) is 72.0 Å². The summed E-state index contributed by atoms with van der Waals surface area (Å²) in [7, 11) is 0. The van der Waals surface area contributed by atoms with Crippen molar-refractivity contribution in [3.63, 3.8) is 0 Å².